The van der Waals surface area contributed by atoms with Crippen molar-refractivity contribution in [2.75, 3.05) is 7.11 Å². The zero-order valence-corrected chi connectivity index (χ0v) is 8.79. The Balaban J connectivity index is 3.43. The largest absolute Gasteiger partial charge is 0.489 e. The predicted octanol–water partition coefficient (Wildman–Crippen LogP) is 2.41. The van der Waals surface area contributed by atoms with Crippen molar-refractivity contribution in [2.24, 2.45) is 0 Å². The molecule has 5 nitrogen and oxygen atoms in total. The molecule has 0 saturated heterocycles. The first-order valence-electron chi connectivity index (χ1n) is 3.10. The Kier molecular flexibility index (Phi) is 3.05. The number of pyridine rings is 1. The van der Waals surface area contributed by atoms with E-state index in [4.69, 9.17) is 16.3 Å². The highest BCUT2D eigenvalue weighted by Gasteiger charge is 2.23. The van der Waals surface area contributed by atoms with Gasteiger partial charge in [0.2, 0.25) is 10.9 Å². The lowest BCUT2D eigenvalue weighted by Gasteiger charge is -2.03. The summed E-state index contributed by atoms with van der Waals surface area (Å²) in [6.07, 6.45) is 1.34. The lowest BCUT2D eigenvalue weighted by atomic mass is 10.4. The van der Waals surface area contributed by atoms with Crippen LogP contribution in [0.5, 0.6) is 5.75 Å². The fraction of sp³-hybridized carbons (Fsp3) is 0.167. The Morgan fingerprint density at radius 1 is 1.77 bits per heavy atom. The standard InChI is InChI=1S/C6H4BrClN2O3/c1-13-5-3(7)2-9-6(8)4(5)10(11)12/h2H,1H3. The van der Waals surface area contributed by atoms with Gasteiger partial charge in [-0.2, -0.15) is 0 Å². The van der Waals surface area contributed by atoms with Crippen LogP contribution in [0.25, 0.3) is 0 Å². The van der Waals surface area contributed by atoms with Crippen LogP contribution in [0.1, 0.15) is 0 Å². The summed E-state index contributed by atoms with van der Waals surface area (Å²) >= 11 is 8.58. The third kappa shape index (κ3) is 1.89. The summed E-state index contributed by atoms with van der Waals surface area (Å²) in [6, 6.07) is 0. The molecule has 1 aromatic heterocycles. The fourth-order valence-corrected chi connectivity index (χ4v) is 1.45. The van der Waals surface area contributed by atoms with E-state index in [-0.39, 0.29) is 16.6 Å². The van der Waals surface area contributed by atoms with Gasteiger partial charge < -0.3 is 4.74 Å². The molecule has 1 aromatic rings. The first-order chi connectivity index (χ1) is 6.07. The molecule has 0 spiro atoms. The van der Waals surface area contributed by atoms with Crippen molar-refractivity contribution >= 4 is 33.2 Å². The van der Waals surface area contributed by atoms with Crippen LogP contribution in [0.15, 0.2) is 10.7 Å². The van der Waals surface area contributed by atoms with Crippen LogP contribution >= 0.6 is 27.5 Å². The van der Waals surface area contributed by atoms with E-state index < -0.39 is 4.92 Å². The minimum atomic E-state index is -0.640. The molecule has 0 fully saturated rings. The van der Waals surface area contributed by atoms with Crippen LogP contribution in [-0.4, -0.2) is 17.0 Å². The Labute approximate surface area is 87.0 Å². The number of halogens is 2. The maximum absolute atomic E-state index is 10.5. The lowest BCUT2D eigenvalue weighted by molar-refractivity contribution is -0.386. The smallest absolute Gasteiger partial charge is 0.349 e. The second-order valence-corrected chi connectivity index (χ2v) is 3.25. The Bertz CT molecular complexity index is 358. The number of hydrogen-bond donors (Lipinski definition) is 0. The van der Waals surface area contributed by atoms with Crippen molar-refractivity contribution < 1.29 is 9.66 Å². The molecule has 1 rings (SSSR count). The van der Waals surface area contributed by atoms with E-state index in [1.807, 2.05) is 0 Å². The summed E-state index contributed by atoms with van der Waals surface area (Å²) in [5.74, 6) is 0.0741. The number of ether oxygens (including phenoxy) is 1. The fourth-order valence-electron chi connectivity index (χ4n) is 0.792. The van der Waals surface area contributed by atoms with Gasteiger partial charge in [-0.3, -0.25) is 10.1 Å². The summed E-state index contributed by atoms with van der Waals surface area (Å²) in [5.41, 5.74) is -0.335. The second kappa shape index (κ2) is 3.89. The van der Waals surface area contributed by atoms with Gasteiger partial charge in [-0.15, -0.1) is 0 Å². The molecule has 1 heterocycles. The van der Waals surface area contributed by atoms with Crippen LogP contribution in [-0.2, 0) is 0 Å². The average molecular weight is 267 g/mol. The van der Waals surface area contributed by atoms with Gasteiger partial charge in [0, 0.05) is 6.20 Å². The zero-order chi connectivity index (χ0) is 10.0. The van der Waals surface area contributed by atoms with Crippen LogP contribution < -0.4 is 4.74 Å². The van der Waals surface area contributed by atoms with Gasteiger partial charge in [-0.05, 0) is 15.9 Å². The molecule has 0 aliphatic heterocycles. The van der Waals surface area contributed by atoms with Gasteiger partial charge in [0.05, 0.1) is 16.5 Å². The maximum Gasteiger partial charge on any atom is 0.349 e. The quantitative estimate of drug-likeness (QED) is 0.469. The summed E-state index contributed by atoms with van der Waals surface area (Å²) < 4.78 is 5.20. The highest BCUT2D eigenvalue weighted by Crippen LogP contribution is 2.38. The molecule has 0 unspecified atom stereocenters. The molecule has 0 N–H and O–H groups in total. The third-order valence-electron chi connectivity index (χ3n) is 1.31. The lowest BCUT2D eigenvalue weighted by Crippen LogP contribution is -1.96. The normalized spacial score (nSPS) is 9.77. The predicted molar refractivity (Wildman–Crippen MR) is 50.2 cm³/mol. The molecule has 0 bridgehead atoms. The molecule has 70 valence electrons. The first kappa shape index (κ1) is 10.2. The highest BCUT2D eigenvalue weighted by atomic mass is 79.9. The summed E-state index contributed by atoms with van der Waals surface area (Å²) in [5, 5.41) is 10.3. The molecule has 7 heteroatoms. The van der Waals surface area contributed by atoms with Gasteiger partial charge >= 0.3 is 5.69 Å². The molecule has 0 radical (unpaired) electrons. The number of methoxy groups -OCH3 is 1. The van der Waals surface area contributed by atoms with Crippen molar-refractivity contribution in [3.05, 3.63) is 25.9 Å². The second-order valence-electron chi connectivity index (χ2n) is 2.04. The van der Waals surface area contributed by atoms with E-state index >= 15 is 0 Å². The van der Waals surface area contributed by atoms with Gasteiger partial charge in [0.15, 0.2) is 0 Å². The van der Waals surface area contributed by atoms with Gasteiger partial charge in [-0.25, -0.2) is 4.98 Å². The molecule has 0 amide bonds. The molecule has 13 heavy (non-hydrogen) atoms. The van der Waals surface area contributed by atoms with E-state index in [0.717, 1.165) is 0 Å². The average Bonchev–Trinajstić information content (AvgIpc) is 2.07. The Morgan fingerprint density at radius 2 is 2.38 bits per heavy atom. The molecule has 0 atom stereocenters. The molecular formula is C6H4BrClN2O3. The van der Waals surface area contributed by atoms with E-state index in [9.17, 15) is 10.1 Å². The number of hydrogen-bond acceptors (Lipinski definition) is 4. The minimum absolute atomic E-state index is 0.0741. The van der Waals surface area contributed by atoms with Crippen LogP contribution in [0, 0.1) is 10.1 Å². The summed E-state index contributed by atoms with van der Waals surface area (Å²) in [6.45, 7) is 0. The SMILES string of the molecule is COc1c(Br)cnc(Cl)c1[N+](=O)[O-]. The van der Waals surface area contributed by atoms with Crippen molar-refractivity contribution in [1.29, 1.82) is 0 Å². The summed E-state index contributed by atoms with van der Waals surface area (Å²) in [4.78, 5) is 13.5. The molecule has 0 aliphatic rings. The zero-order valence-electron chi connectivity index (χ0n) is 6.45. The van der Waals surface area contributed by atoms with Crippen molar-refractivity contribution in [3.63, 3.8) is 0 Å². The van der Waals surface area contributed by atoms with Gasteiger partial charge in [-0.1, -0.05) is 11.6 Å². The van der Waals surface area contributed by atoms with E-state index in [2.05, 4.69) is 20.9 Å². The van der Waals surface area contributed by atoms with Crippen LogP contribution in [0.2, 0.25) is 5.15 Å². The van der Waals surface area contributed by atoms with Crippen molar-refractivity contribution in [2.45, 2.75) is 0 Å². The topological polar surface area (TPSA) is 65.3 Å². The van der Waals surface area contributed by atoms with Gasteiger partial charge in [0.25, 0.3) is 0 Å². The third-order valence-corrected chi connectivity index (χ3v) is 2.15. The molecule has 0 saturated carbocycles. The molecule has 0 aliphatic carbocycles. The Hall–Kier alpha value is -0.880. The number of rotatable bonds is 2. The van der Waals surface area contributed by atoms with Crippen LogP contribution in [0.4, 0.5) is 5.69 Å². The van der Waals surface area contributed by atoms with Crippen LogP contribution in [0.3, 0.4) is 0 Å². The van der Waals surface area contributed by atoms with Crippen molar-refractivity contribution in [1.82, 2.24) is 4.98 Å². The minimum Gasteiger partial charge on any atom is -0.489 e. The first-order valence-corrected chi connectivity index (χ1v) is 4.27. The molecular weight excluding hydrogens is 263 g/mol. The van der Waals surface area contributed by atoms with Gasteiger partial charge in [0.1, 0.15) is 0 Å². The number of nitrogens with zero attached hydrogens (tertiary/aromatic N) is 2. The Morgan fingerprint density at radius 3 is 2.77 bits per heavy atom. The van der Waals surface area contributed by atoms with E-state index in [1.54, 1.807) is 0 Å². The number of aromatic nitrogens is 1. The van der Waals surface area contributed by atoms with E-state index in [0.29, 0.717) is 4.47 Å². The van der Waals surface area contributed by atoms with E-state index in [1.165, 1.54) is 13.3 Å². The molecule has 0 aromatic carbocycles. The maximum atomic E-state index is 10.5. The van der Waals surface area contributed by atoms with Crippen molar-refractivity contribution in [3.8, 4) is 5.75 Å². The monoisotopic (exact) mass is 266 g/mol. The summed E-state index contributed by atoms with van der Waals surface area (Å²) in [7, 11) is 1.32. The number of nitro groups is 1. The highest BCUT2D eigenvalue weighted by molar-refractivity contribution is 9.10.